The van der Waals surface area contributed by atoms with Crippen molar-refractivity contribution in [3.8, 4) is 11.8 Å². The number of halogens is 1. The molecule has 3 heterocycles. The number of ketones is 1. The standard InChI is InChI=1S/C46H55ClN6O4/c1-30-9-10-34(42(56)49-30)26-40(54)33-7-6-8-37(25-33)53-23-21-51(22-24-53)29-31-17-19-52(20-18-31)36-14-11-32(12-15-36)41(55)50-43-45(2,3)44(46(43,4)5)57-38-16-13-35(28-48)39(47)27-38/h6-8,11-16,25,27,31,34,43-44H,1,9-10,17-24,26,29H2,2-5H3,(H,49,56)(H,50,55). The summed E-state index contributed by atoms with van der Waals surface area (Å²) < 4.78 is 6.39. The summed E-state index contributed by atoms with van der Waals surface area (Å²) in [4.78, 5) is 46.3. The number of ether oxygens (including phenoxy) is 1. The van der Waals surface area contributed by atoms with Gasteiger partial charge in [-0.25, -0.2) is 0 Å². The maximum Gasteiger partial charge on any atom is 0.251 e. The summed E-state index contributed by atoms with van der Waals surface area (Å²) in [5.41, 5.74) is 4.00. The second-order valence-electron chi connectivity index (χ2n) is 17.6. The molecule has 3 saturated heterocycles. The van der Waals surface area contributed by atoms with Crippen LogP contribution < -0.4 is 25.2 Å². The molecule has 2 N–H and O–H groups in total. The van der Waals surface area contributed by atoms with E-state index in [0.29, 0.717) is 39.8 Å². The minimum absolute atomic E-state index is 0.0164. The Hall–Kier alpha value is -4.85. The number of Topliss-reactive ketones (excluding diaryl/α,β-unsaturated/α-hetero) is 1. The molecule has 57 heavy (non-hydrogen) atoms. The SMILES string of the molecule is C=C1CCC(CC(=O)c2cccc(N3CCN(CC4CCN(c5ccc(C(=O)NC6C(C)(C)C(Oc7ccc(C#N)c(Cl)c7)C6(C)C)cc5)CC4)CC3)c2)C(=O)N1. The highest BCUT2D eigenvalue weighted by atomic mass is 35.5. The van der Waals surface area contributed by atoms with Crippen molar-refractivity contribution in [2.24, 2.45) is 22.7 Å². The molecule has 10 nitrogen and oxygen atoms in total. The lowest BCUT2D eigenvalue weighted by Crippen LogP contribution is -2.74. The van der Waals surface area contributed by atoms with Crippen LogP contribution in [-0.4, -0.2) is 80.5 Å². The maximum atomic E-state index is 13.5. The number of carbonyl (C=O) groups is 3. The van der Waals surface area contributed by atoms with Crippen molar-refractivity contribution in [1.29, 1.82) is 5.26 Å². The van der Waals surface area contributed by atoms with E-state index in [4.69, 9.17) is 16.3 Å². The Morgan fingerprint density at radius 3 is 2.23 bits per heavy atom. The molecule has 0 spiro atoms. The van der Waals surface area contributed by atoms with Gasteiger partial charge in [0.05, 0.1) is 10.6 Å². The molecule has 3 aromatic carbocycles. The van der Waals surface area contributed by atoms with Crippen LogP contribution in [0.1, 0.15) is 86.1 Å². The molecule has 3 aromatic rings. The Morgan fingerprint density at radius 1 is 0.895 bits per heavy atom. The number of piperidine rings is 2. The van der Waals surface area contributed by atoms with Gasteiger partial charge in [-0.1, -0.05) is 58.0 Å². The molecule has 2 amide bonds. The monoisotopic (exact) mass is 790 g/mol. The first-order valence-corrected chi connectivity index (χ1v) is 20.7. The highest BCUT2D eigenvalue weighted by molar-refractivity contribution is 6.31. The van der Waals surface area contributed by atoms with Gasteiger partial charge in [0.25, 0.3) is 5.91 Å². The number of hydrogen-bond donors (Lipinski definition) is 2. The van der Waals surface area contributed by atoms with Gasteiger partial charge in [-0.15, -0.1) is 0 Å². The second-order valence-corrected chi connectivity index (χ2v) is 18.0. The zero-order valence-corrected chi connectivity index (χ0v) is 34.4. The highest BCUT2D eigenvalue weighted by Crippen LogP contribution is 2.55. The Balaban J connectivity index is 0.845. The first-order chi connectivity index (χ1) is 27.2. The Labute approximate surface area is 342 Å². The van der Waals surface area contributed by atoms with Crippen molar-refractivity contribution in [3.05, 3.63) is 101 Å². The predicted molar refractivity (Wildman–Crippen MR) is 225 cm³/mol. The Kier molecular flexibility index (Phi) is 11.7. The van der Waals surface area contributed by atoms with Crippen LogP contribution in [0.4, 0.5) is 11.4 Å². The van der Waals surface area contributed by atoms with E-state index in [1.807, 2.05) is 30.3 Å². The van der Waals surface area contributed by atoms with Gasteiger partial charge in [-0.05, 0) is 80.1 Å². The van der Waals surface area contributed by atoms with E-state index in [0.717, 1.165) is 82.1 Å². The molecule has 1 saturated carbocycles. The normalized spacial score (nSPS) is 23.5. The number of hydrogen-bond acceptors (Lipinski definition) is 8. The van der Waals surface area contributed by atoms with Crippen LogP contribution in [0.15, 0.2) is 79.0 Å². The summed E-state index contributed by atoms with van der Waals surface area (Å²) in [5.74, 6) is 0.790. The lowest BCUT2D eigenvalue weighted by Gasteiger charge is -2.63. The van der Waals surface area contributed by atoms with Crippen molar-refractivity contribution < 1.29 is 19.1 Å². The molecule has 4 aliphatic rings. The number of nitrogens with one attached hydrogen (secondary N) is 2. The van der Waals surface area contributed by atoms with E-state index in [-0.39, 0.29) is 52.9 Å². The van der Waals surface area contributed by atoms with Crippen LogP contribution in [0.3, 0.4) is 0 Å². The largest absolute Gasteiger partial charge is 0.489 e. The number of piperazine rings is 1. The topological polar surface area (TPSA) is 118 Å². The third-order valence-electron chi connectivity index (χ3n) is 12.9. The molecular formula is C46H55ClN6O4. The van der Waals surface area contributed by atoms with Crippen LogP contribution in [0.5, 0.6) is 5.75 Å². The summed E-state index contributed by atoms with van der Waals surface area (Å²) in [6, 6.07) is 23.0. The molecule has 11 heteroatoms. The first-order valence-electron chi connectivity index (χ1n) is 20.3. The predicted octanol–water partition coefficient (Wildman–Crippen LogP) is 7.47. The fourth-order valence-electron chi connectivity index (χ4n) is 9.79. The summed E-state index contributed by atoms with van der Waals surface area (Å²) in [6.45, 7) is 19.2. The number of allylic oxidation sites excluding steroid dienone is 1. The smallest absolute Gasteiger partial charge is 0.251 e. The number of carbonyl (C=O) groups excluding carboxylic acids is 3. The summed E-state index contributed by atoms with van der Waals surface area (Å²) in [5, 5.41) is 15.7. The lowest BCUT2D eigenvalue weighted by molar-refractivity contribution is -0.164. The second kappa shape index (κ2) is 16.6. The van der Waals surface area contributed by atoms with Crippen molar-refractivity contribution in [1.82, 2.24) is 15.5 Å². The molecule has 0 bridgehead atoms. The van der Waals surface area contributed by atoms with Gasteiger partial charge in [0.1, 0.15) is 17.9 Å². The molecule has 0 aromatic heterocycles. The van der Waals surface area contributed by atoms with E-state index in [1.54, 1.807) is 18.2 Å². The van der Waals surface area contributed by atoms with Crippen molar-refractivity contribution in [2.45, 2.75) is 71.9 Å². The van der Waals surface area contributed by atoms with E-state index in [1.165, 1.54) is 0 Å². The van der Waals surface area contributed by atoms with Crippen LogP contribution in [0.25, 0.3) is 0 Å². The summed E-state index contributed by atoms with van der Waals surface area (Å²) >= 11 is 6.26. The molecule has 1 unspecified atom stereocenters. The average Bonchev–Trinajstić information content (AvgIpc) is 3.20. The van der Waals surface area contributed by atoms with Gasteiger partial charge < -0.3 is 25.2 Å². The molecule has 7 rings (SSSR count). The Morgan fingerprint density at radius 2 is 1.58 bits per heavy atom. The number of rotatable bonds is 11. The van der Waals surface area contributed by atoms with Crippen LogP contribution >= 0.6 is 11.6 Å². The highest BCUT2D eigenvalue weighted by Gasteiger charge is 2.64. The molecule has 0 radical (unpaired) electrons. The van der Waals surface area contributed by atoms with Crippen LogP contribution in [0.2, 0.25) is 5.02 Å². The zero-order chi connectivity index (χ0) is 40.5. The minimum Gasteiger partial charge on any atom is -0.489 e. The fraction of sp³-hybridized carbons (Fsp3) is 0.478. The van der Waals surface area contributed by atoms with E-state index in [2.05, 4.69) is 83.9 Å². The number of nitrogens with zero attached hydrogens (tertiary/aromatic N) is 4. The Bertz CT molecular complexity index is 2030. The third-order valence-corrected chi connectivity index (χ3v) is 13.2. The zero-order valence-electron chi connectivity index (χ0n) is 33.7. The lowest BCUT2D eigenvalue weighted by atomic mass is 9.49. The molecule has 3 aliphatic heterocycles. The fourth-order valence-corrected chi connectivity index (χ4v) is 10.0. The number of anilines is 2. The van der Waals surface area contributed by atoms with Gasteiger partial charge in [-0.2, -0.15) is 5.26 Å². The third kappa shape index (κ3) is 8.70. The van der Waals surface area contributed by atoms with E-state index >= 15 is 0 Å². The summed E-state index contributed by atoms with van der Waals surface area (Å²) in [7, 11) is 0. The van der Waals surface area contributed by atoms with E-state index in [9.17, 15) is 19.6 Å². The maximum absolute atomic E-state index is 13.5. The summed E-state index contributed by atoms with van der Waals surface area (Å²) in [6.07, 6.45) is 3.71. The molecule has 4 fully saturated rings. The van der Waals surface area contributed by atoms with Crippen molar-refractivity contribution in [3.63, 3.8) is 0 Å². The van der Waals surface area contributed by atoms with Gasteiger partial charge in [0.15, 0.2) is 5.78 Å². The van der Waals surface area contributed by atoms with Crippen molar-refractivity contribution >= 4 is 40.6 Å². The minimum atomic E-state index is -0.335. The van der Waals surface area contributed by atoms with Crippen LogP contribution in [-0.2, 0) is 4.79 Å². The van der Waals surface area contributed by atoms with Crippen molar-refractivity contribution in [2.75, 3.05) is 55.6 Å². The van der Waals surface area contributed by atoms with Gasteiger partial charge in [0, 0.05) is 109 Å². The average molecular weight is 791 g/mol. The number of amides is 2. The van der Waals surface area contributed by atoms with Gasteiger partial charge in [0.2, 0.25) is 5.91 Å². The number of benzene rings is 3. The molecule has 1 aliphatic carbocycles. The quantitative estimate of drug-likeness (QED) is 0.192. The van der Waals surface area contributed by atoms with Gasteiger partial charge in [-0.3, -0.25) is 19.3 Å². The number of nitriles is 1. The molecule has 1 atom stereocenters. The molecular weight excluding hydrogens is 736 g/mol. The van der Waals surface area contributed by atoms with E-state index < -0.39 is 0 Å². The van der Waals surface area contributed by atoms with Crippen LogP contribution in [0, 0.1) is 34.0 Å². The first kappa shape index (κ1) is 40.4. The molecule has 300 valence electrons. The van der Waals surface area contributed by atoms with Gasteiger partial charge >= 0.3 is 0 Å².